The summed E-state index contributed by atoms with van der Waals surface area (Å²) >= 11 is 0. The minimum absolute atomic E-state index is 0.0167. The smallest absolute Gasteiger partial charge is 0.200 e. The molecule has 0 aromatic heterocycles. The van der Waals surface area contributed by atoms with Crippen LogP contribution < -0.4 is 0 Å². The van der Waals surface area contributed by atoms with Gasteiger partial charge < -0.3 is 9.84 Å². The first-order valence-corrected chi connectivity index (χ1v) is 10.2. The van der Waals surface area contributed by atoms with Gasteiger partial charge in [0, 0.05) is 17.4 Å². The Kier molecular flexibility index (Phi) is 10.4. The average Bonchev–Trinajstić information content (AvgIpc) is 2.66. The molecule has 0 radical (unpaired) electrons. The van der Waals surface area contributed by atoms with E-state index in [9.17, 15) is 14.3 Å². The zero-order chi connectivity index (χ0) is 21.3. The molecule has 0 saturated heterocycles. The number of hydrogen-bond donors (Lipinski definition) is 1. The van der Waals surface area contributed by atoms with Crippen molar-refractivity contribution in [2.24, 2.45) is 11.8 Å². The van der Waals surface area contributed by atoms with Crippen molar-refractivity contribution in [1.29, 1.82) is 0 Å². The molecule has 158 valence electrons. The van der Waals surface area contributed by atoms with E-state index < -0.39 is 6.10 Å². The first-order valence-electron chi connectivity index (χ1n) is 10.2. The van der Waals surface area contributed by atoms with Crippen molar-refractivity contribution in [3.63, 3.8) is 0 Å². The zero-order valence-corrected chi connectivity index (χ0v) is 18.3. The fraction of sp³-hybridized carbons (Fsp3) is 0.625. The summed E-state index contributed by atoms with van der Waals surface area (Å²) in [5.74, 6) is -0.0593. The number of carbonyl (C=O) groups excluding carboxylic acids is 1. The van der Waals surface area contributed by atoms with Crippen LogP contribution in [0.5, 0.6) is 0 Å². The first-order chi connectivity index (χ1) is 13.2. The lowest BCUT2D eigenvalue weighted by Crippen LogP contribution is -2.38. The lowest BCUT2D eigenvalue weighted by molar-refractivity contribution is -0.126. The normalized spacial score (nSPS) is 24.8. The highest BCUT2D eigenvalue weighted by Gasteiger charge is 2.39. The Balaban J connectivity index is 2.55. The summed E-state index contributed by atoms with van der Waals surface area (Å²) in [6.45, 7) is 9.31. The number of ether oxygens (including phenoxy) is 1. The number of rotatable bonds is 10. The van der Waals surface area contributed by atoms with Gasteiger partial charge >= 0.3 is 0 Å². The van der Waals surface area contributed by atoms with Gasteiger partial charge in [-0.3, -0.25) is 4.79 Å². The molecule has 1 rings (SSSR count). The molecule has 1 N–H and O–H groups in total. The minimum Gasteiger partial charge on any atom is -0.493 e. The monoisotopic (exact) mass is 392 g/mol. The molecule has 28 heavy (non-hydrogen) atoms. The Hall–Kier alpha value is -1.68. The fourth-order valence-corrected chi connectivity index (χ4v) is 3.61. The van der Waals surface area contributed by atoms with Gasteiger partial charge in [0.2, 0.25) is 5.78 Å². The van der Waals surface area contributed by atoms with Crippen LogP contribution in [0, 0.1) is 11.8 Å². The summed E-state index contributed by atoms with van der Waals surface area (Å²) in [6.07, 6.45) is 10.2. The van der Waals surface area contributed by atoms with Gasteiger partial charge in [-0.2, -0.15) is 0 Å². The lowest BCUT2D eigenvalue weighted by atomic mass is 9.75. The van der Waals surface area contributed by atoms with E-state index in [4.69, 9.17) is 4.74 Å². The number of aliphatic hydroxyl groups is 1. The SMILES string of the molecule is COC1=C(C)C(O)C(C/C=C(\C)CC/C=C(\C)CC/C=C(\C)CF)C(C)C1=O. The molecule has 3 nitrogen and oxygen atoms in total. The molecule has 3 unspecified atom stereocenters. The van der Waals surface area contributed by atoms with Crippen LogP contribution in [0.3, 0.4) is 0 Å². The third-order valence-corrected chi connectivity index (χ3v) is 5.70. The number of methoxy groups -OCH3 is 1. The van der Waals surface area contributed by atoms with Crippen LogP contribution in [0.25, 0.3) is 0 Å². The van der Waals surface area contributed by atoms with Gasteiger partial charge in [-0.15, -0.1) is 0 Å². The average molecular weight is 393 g/mol. The van der Waals surface area contributed by atoms with Gasteiger partial charge in [-0.25, -0.2) is 4.39 Å². The van der Waals surface area contributed by atoms with Crippen molar-refractivity contribution < 1.29 is 19.0 Å². The minimum atomic E-state index is -0.644. The second-order valence-corrected chi connectivity index (χ2v) is 8.08. The first kappa shape index (κ1) is 24.4. The topological polar surface area (TPSA) is 46.5 Å². The molecule has 0 saturated carbocycles. The molecular weight excluding hydrogens is 355 g/mol. The van der Waals surface area contributed by atoms with Crippen LogP contribution in [0.1, 0.15) is 66.7 Å². The summed E-state index contributed by atoms with van der Waals surface area (Å²) < 4.78 is 17.6. The molecule has 0 aliphatic heterocycles. The van der Waals surface area contributed by atoms with E-state index in [-0.39, 0.29) is 24.3 Å². The molecule has 1 aliphatic carbocycles. The van der Waals surface area contributed by atoms with Gasteiger partial charge in [-0.05, 0) is 65.4 Å². The van der Waals surface area contributed by atoms with Gasteiger partial charge in [0.05, 0.1) is 13.2 Å². The maximum Gasteiger partial charge on any atom is 0.200 e. The highest BCUT2D eigenvalue weighted by molar-refractivity contribution is 5.97. The molecule has 0 aromatic carbocycles. The Morgan fingerprint density at radius 3 is 2.14 bits per heavy atom. The third-order valence-electron chi connectivity index (χ3n) is 5.70. The predicted octanol–water partition coefficient (Wildman–Crippen LogP) is 5.86. The number of hydrogen-bond acceptors (Lipinski definition) is 3. The highest BCUT2D eigenvalue weighted by Crippen LogP contribution is 2.34. The summed E-state index contributed by atoms with van der Waals surface area (Å²) in [5.41, 5.74) is 4.03. The molecule has 0 fully saturated rings. The van der Waals surface area contributed by atoms with Crippen LogP contribution in [0.2, 0.25) is 0 Å². The zero-order valence-electron chi connectivity index (χ0n) is 18.3. The van der Waals surface area contributed by atoms with Gasteiger partial charge in [0.15, 0.2) is 5.76 Å². The van der Waals surface area contributed by atoms with Crippen molar-refractivity contribution >= 4 is 5.78 Å². The molecule has 4 heteroatoms. The van der Waals surface area contributed by atoms with Crippen molar-refractivity contribution in [3.05, 3.63) is 46.3 Å². The maximum absolute atomic E-state index is 12.4. The van der Waals surface area contributed by atoms with E-state index in [1.54, 1.807) is 6.92 Å². The van der Waals surface area contributed by atoms with Crippen LogP contribution in [0.15, 0.2) is 46.3 Å². The quantitative estimate of drug-likeness (QED) is 0.474. The number of allylic oxidation sites excluding steroid dienone is 7. The Labute approximate surface area is 170 Å². The van der Waals surface area contributed by atoms with Crippen molar-refractivity contribution in [2.75, 3.05) is 13.8 Å². The van der Waals surface area contributed by atoms with Crippen LogP contribution >= 0.6 is 0 Å². The largest absolute Gasteiger partial charge is 0.493 e. The predicted molar refractivity (Wildman–Crippen MR) is 114 cm³/mol. The highest BCUT2D eigenvalue weighted by atomic mass is 19.1. The molecular formula is C24H37FO3. The second-order valence-electron chi connectivity index (χ2n) is 8.08. The standard InChI is InChI=1S/C24H37FO3/c1-16(10-8-12-18(3)15-25)9-7-11-17(2)13-14-21-19(4)23(27)24(28-6)20(5)22(21)26/h9,12-13,19,21-22,26H,7-8,10-11,14-15H2,1-6H3/b16-9+,17-13+,18-12+. The van der Waals surface area contributed by atoms with Gasteiger partial charge in [0.1, 0.15) is 6.67 Å². The molecule has 0 aromatic rings. The van der Waals surface area contributed by atoms with Crippen LogP contribution in [-0.4, -0.2) is 30.8 Å². The molecule has 0 spiro atoms. The molecule has 3 atom stereocenters. The van der Waals surface area contributed by atoms with Gasteiger partial charge in [-0.1, -0.05) is 36.3 Å². The molecule has 0 amide bonds. The van der Waals surface area contributed by atoms with E-state index in [1.165, 1.54) is 18.3 Å². The van der Waals surface area contributed by atoms with E-state index in [0.29, 0.717) is 17.8 Å². The Bertz CT molecular complexity index is 655. The molecule has 0 heterocycles. The van der Waals surface area contributed by atoms with E-state index in [1.807, 2.05) is 19.9 Å². The lowest BCUT2D eigenvalue weighted by Gasteiger charge is -2.33. The van der Waals surface area contributed by atoms with E-state index in [2.05, 4.69) is 26.0 Å². The summed E-state index contributed by atoms with van der Waals surface area (Å²) in [4.78, 5) is 12.4. The number of ketones is 1. The van der Waals surface area contributed by atoms with E-state index >= 15 is 0 Å². The van der Waals surface area contributed by atoms with Crippen LogP contribution in [0.4, 0.5) is 4.39 Å². The number of aliphatic hydroxyl groups excluding tert-OH is 1. The Morgan fingerprint density at radius 2 is 1.61 bits per heavy atom. The maximum atomic E-state index is 12.4. The van der Waals surface area contributed by atoms with E-state index in [0.717, 1.165) is 31.3 Å². The van der Waals surface area contributed by atoms with Gasteiger partial charge in [0.25, 0.3) is 0 Å². The molecule has 0 bridgehead atoms. The fourth-order valence-electron chi connectivity index (χ4n) is 3.61. The Morgan fingerprint density at radius 1 is 1.07 bits per heavy atom. The summed E-state index contributed by atoms with van der Waals surface area (Å²) in [7, 11) is 1.48. The van der Waals surface area contributed by atoms with Crippen molar-refractivity contribution in [3.8, 4) is 0 Å². The summed E-state index contributed by atoms with van der Waals surface area (Å²) in [5, 5.41) is 10.6. The van der Waals surface area contributed by atoms with Crippen LogP contribution in [-0.2, 0) is 9.53 Å². The third kappa shape index (κ3) is 7.05. The number of halogens is 1. The second kappa shape index (κ2) is 12.0. The van der Waals surface area contributed by atoms with Crippen molar-refractivity contribution in [1.82, 2.24) is 0 Å². The number of alkyl halides is 1. The molecule has 1 aliphatic rings. The number of Topliss-reactive ketones (excluding diaryl/α,β-unsaturated/α-hetero) is 1. The van der Waals surface area contributed by atoms with Crippen molar-refractivity contribution in [2.45, 2.75) is 72.8 Å². The number of carbonyl (C=O) groups is 1. The summed E-state index contributed by atoms with van der Waals surface area (Å²) in [6, 6.07) is 0.